The monoisotopic (exact) mass is 555 g/mol. The molecule has 2 aliphatic rings. The second-order valence-electron chi connectivity index (χ2n) is 10.8. The van der Waals surface area contributed by atoms with Crippen molar-refractivity contribution in [1.29, 1.82) is 0 Å². The number of halogens is 1. The molecule has 0 spiro atoms. The fourth-order valence-electron chi connectivity index (χ4n) is 4.76. The van der Waals surface area contributed by atoms with E-state index in [1.54, 1.807) is 42.6 Å². The number of rotatable bonds is 11. The molecule has 41 heavy (non-hydrogen) atoms. The predicted molar refractivity (Wildman–Crippen MR) is 152 cm³/mol. The molecule has 0 atom stereocenters. The van der Waals surface area contributed by atoms with Gasteiger partial charge in [-0.05, 0) is 67.6 Å². The highest BCUT2D eigenvalue weighted by Gasteiger charge is 2.55. The van der Waals surface area contributed by atoms with Crippen molar-refractivity contribution in [2.45, 2.75) is 37.6 Å². The summed E-state index contributed by atoms with van der Waals surface area (Å²) >= 11 is 0. The second-order valence-corrected chi connectivity index (χ2v) is 10.8. The number of aromatic nitrogens is 1. The van der Waals surface area contributed by atoms with Gasteiger partial charge in [0.15, 0.2) is 28.8 Å². The molecule has 0 radical (unpaired) electrons. The van der Waals surface area contributed by atoms with Crippen LogP contribution in [0.5, 0.6) is 23.0 Å². The number of ketones is 1. The molecule has 3 N–H and O–H groups in total. The number of hydrogen-bond donors (Lipinski definition) is 2. The fraction of sp³-hybridized carbons (Fsp3) is 0.281. The number of nitrogens with zero attached hydrogens (tertiary/aromatic N) is 1. The van der Waals surface area contributed by atoms with Gasteiger partial charge in [0.25, 0.3) is 0 Å². The van der Waals surface area contributed by atoms with E-state index in [9.17, 15) is 9.59 Å². The van der Waals surface area contributed by atoms with E-state index in [0.717, 1.165) is 12.8 Å². The number of para-hydroxylation sites is 1. The van der Waals surface area contributed by atoms with E-state index < -0.39 is 11.2 Å². The third-order valence-corrected chi connectivity index (χ3v) is 7.73. The van der Waals surface area contributed by atoms with Gasteiger partial charge in [-0.2, -0.15) is 0 Å². The number of amides is 1. The SMILES string of the molecule is COc1cc2c(Oc3ccc(CC(=O)C4(C(=O)Nc5ccccc5)CC4)cc3F)ccnc2cc1OCC1(N)CC1. The summed E-state index contributed by atoms with van der Waals surface area (Å²) in [5.74, 6) is 0.212. The number of pyridine rings is 1. The minimum atomic E-state index is -1.07. The van der Waals surface area contributed by atoms with Gasteiger partial charge in [0.2, 0.25) is 5.91 Å². The lowest BCUT2D eigenvalue weighted by Crippen LogP contribution is -2.32. The maximum absolute atomic E-state index is 15.2. The molecule has 210 valence electrons. The highest BCUT2D eigenvalue weighted by atomic mass is 19.1. The normalized spacial score (nSPS) is 16.1. The lowest BCUT2D eigenvalue weighted by molar-refractivity contribution is -0.132. The molecule has 4 aromatic rings. The van der Waals surface area contributed by atoms with Crippen LogP contribution in [0.2, 0.25) is 0 Å². The van der Waals surface area contributed by atoms with Crippen molar-refractivity contribution in [3.8, 4) is 23.0 Å². The summed E-state index contributed by atoms with van der Waals surface area (Å²) in [6.07, 6.45) is 4.31. The number of fused-ring (bicyclic) bond motifs is 1. The van der Waals surface area contributed by atoms with Crippen molar-refractivity contribution >= 4 is 28.3 Å². The van der Waals surface area contributed by atoms with E-state index in [1.165, 1.54) is 19.2 Å². The van der Waals surface area contributed by atoms with Crippen LogP contribution in [0.4, 0.5) is 10.1 Å². The van der Waals surface area contributed by atoms with Crippen molar-refractivity contribution < 1.29 is 28.2 Å². The van der Waals surface area contributed by atoms with Crippen molar-refractivity contribution in [2.24, 2.45) is 11.1 Å². The Bertz CT molecular complexity index is 1630. The zero-order valence-electron chi connectivity index (χ0n) is 22.6. The number of nitrogens with two attached hydrogens (primary N) is 1. The van der Waals surface area contributed by atoms with E-state index in [0.29, 0.717) is 58.9 Å². The van der Waals surface area contributed by atoms with Gasteiger partial charge in [0.05, 0.1) is 18.2 Å². The highest BCUT2D eigenvalue weighted by molar-refractivity contribution is 6.14. The summed E-state index contributed by atoms with van der Waals surface area (Å²) in [4.78, 5) is 30.4. The van der Waals surface area contributed by atoms with Gasteiger partial charge in [-0.1, -0.05) is 24.3 Å². The molecule has 3 aromatic carbocycles. The number of ether oxygens (including phenoxy) is 3. The molecule has 1 aromatic heterocycles. The molecule has 2 aliphatic carbocycles. The second kappa shape index (κ2) is 10.5. The van der Waals surface area contributed by atoms with E-state index in [4.69, 9.17) is 19.9 Å². The van der Waals surface area contributed by atoms with Crippen LogP contribution in [-0.2, 0) is 16.0 Å². The van der Waals surface area contributed by atoms with Gasteiger partial charge >= 0.3 is 0 Å². The number of anilines is 1. The van der Waals surface area contributed by atoms with Gasteiger partial charge in [-0.15, -0.1) is 0 Å². The predicted octanol–water partition coefficient (Wildman–Crippen LogP) is 5.58. The molecular formula is C32H30FN3O5. The number of Topliss-reactive ketones (excluding diaryl/α,β-unsaturated/α-hetero) is 1. The Hall–Kier alpha value is -4.50. The van der Waals surface area contributed by atoms with Crippen LogP contribution in [0.25, 0.3) is 10.9 Å². The number of hydrogen-bond acceptors (Lipinski definition) is 7. The smallest absolute Gasteiger partial charge is 0.238 e. The number of methoxy groups -OCH3 is 1. The Morgan fingerprint density at radius 3 is 2.41 bits per heavy atom. The first-order valence-corrected chi connectivity index (χ1v) is 13.5. The van der Waals surface area contributed by atoms with Crippen LogP contribution in [0, 0.1) is 11.2 Å². The third kappa shape index (κ3) is 5.58. The van der Waals surface area contributed by atoms with Crippen LogP contribution in [-0.4, -0.2) is 35.9 Å². The van der Waals surface area contributed by atoms with E-state index >= 15 is 4.39 Å². The van der Waals surface area contributed by atoms with Gasteiger partial charge in [-0.3, -0.25) is 14.6 Å². The Balaban J connectivity index is 1.16. The zero-order valence-corrected chi connectivity index (χ0v) is 22.6. The first kappa shape index (κ1) is 26.7. The minimum Gasteiger partial charge on any atom is -0.493 e. The molecule has 8 nitrogen and oxygen atoms in total. The van der Waals surface area contributed by atoms with Gasteiger partial charge < -0.3 is 25.3 Å². The number of benzene rings is 3. The van der Waals surface area contributed by atoms with Crippen LogP contribution < -0.4 is 25.3 Å². The van der Waals surface area contributed by atoms with Gasteiger partial charge in [0, 0.05) is 29.8 Å². The Morgan fingerprint density at radius 1 is 0.951 bits per heavy atom. The van der Waals surface area contributed by atoms with Gasteiger partial charge in [-0.25, -0.2) is 4.39 Å². The number of carbonyl (C=O) groups is 2. The maximum atomic E-state index is 15.2. The maximum Gasteiger partial charge on any atom is 0.238 e. The molecule has 0 bridgehead atoms. The van der Waals surface area contributed by atoms with Gasteiger partial charge in [0.1, 0.15) is 17.8 Å². The lowest BCUT2D eigenvalue weighted by Gasteiger charge is -2.16. The summed E-state index contributed by atoms with van der Waals surface area (Å²) in [6, 6.07) is 18.5. The van der Waals surface area contributed by atoms with E-state index in [2.05, 4.69) is 10.3 Å². The highest BCUT2D eigenvalue weighted by Crippen LogP contribution is 2.48. The lowest BCUT2D eigenvalue weighted by atomic mass is 9.94. The summed E-state index contributed by atoms with van der Waals surface area (Å²) < 4.78 is 32.6. The fourth-order valence-corrected chi connectivity index (χ4v) is 4.76. The van der Waals surface area contributed by atoms with Crippen LogP contribution >= 0.6 is 0 Å². The molecular weight excluding hydrogens is 525 g/mol. The minimum absolute atomic E-state index is 0.00486. The molecule has 0 saturated heterocycles. The van der Waals surface area contributed by atoms with Crippen LogP contribution in [0.15, 0.2) is 72.9 Å². The topological polar surface area (TPSA) is 113 Å². The standard InChI is InChI=1S/C32H30FN3O5/c1-39-27-17-22-24(18-28(27)40-19-31(34)10-11-31)35-14-9-25(22)41-26-8-7-20(15-23(26)33)16-29(37)32(12-13-32)30(38)36-21-5-3-2-4-6-21/h2-9,14-15,17-18H,10-13,16,19,34H2,1H3,(H,36,38). The molecule has 2 fully saturated rings. The summed E-state index contributed by atoms with van der Waals surface area (Å²) in [5.41, 5.74) is 6.49. The van der Waals surface area contributed by atoms with Crippen LogP contribution in [0.3, 0.4) is 0 Å². The average Bonchev–Trinajstić information content (AvgIpc) is 3.91. The van der Waals surface area contributed by atoms with Crippen LogP contribution in [0.1, 0.15) is 31.2 Å². The largest absolute Gasteiger partial charge is 0.493 e. The summed E-state index contributed by atoms with van der Waals surface area (Å²) in [5, 5.41) is 3.44. The molecule has 2 saturated carbocycles. The Kier molecular flexibility index (Phi) is 6.83. The van der Waals surface area contributed by atoms with Crippen molar-refractivity contribution in [3.63, 3.8) is 0 Å². The number of nitrogens with one attached hydrogen (secondary N) is 1. The average molecular weight is 556 g/mol. The molecule has 0 unspecified atom stereocenters. The van der Waals surface area contributed by atoms with Crippen molar-refractivity contribution in [2.75, 3.05) is 19.0 Å². The molecule has 0 aliphatic heterocycles. The molecule has 1 amide bonds. The Morgan fingerprint density at radius 2 is 1.73 bits per heavy atom. The molecule has 1 heterocycles. The van der Waals surface area contributed by atoms with E-state index in [1.807, 2.05) is 18.2 Å². The molecule has 9 heteroatoms. The zero-order chi connectivity index (χ0) is 28.6. The summed E-state index contributed by atoms with van der Waals surface area (Å²) in [6.45, 7) is 0.379. The Labute approximate surface area is 236 Å². The summed E-state index contributed by atoms with van der Waals surface area (Å²) in [7, 11) is 1.54. The third-order valence-electron chi connectivity index (χ3n) is 7.73. The molecule has 6 rings (SSSR count). The van der Waals surface area contributed by atoms with E-state index in [-0.39, 0.29) is 29.4 Å². The quantitative estimate of drug-likeness (QED) is 0.233. The first-order chi connectivity index (χ1) is 19.8. The van der Waals surface area contributed by atoms with Crippen molar-refractivity contribution in [3.05, 3.63) is 84.3 Å². The number of carbonyl (C=O) groups excluding carboxylic acids is 2. The van der Waals surface area contributed by atoms with Crippen molar-refractivity contribution in [1.82, 2.24) is 4.98 Å². The first-order valence-electron chi connectivity index (χ1n) is 13.5.